The van der Waals surface area contributed by atoms with Gasteiger partial charge in [-0.3, -0.25) is 20.4 Å². The van der Waals surface area contributed by atoms with Crippen molar-refractivity contribution >= 4 is 11.8 Å². The number of benzene rings is 3. The number of rotatable bonds is 5. The van der Waals surface area contributed by atoms with Crippen molar-refractivity contribution in [1.82, 2.24) is 10.9 Å². The maximum Gasteiger partial charge on any atom is 0.269 e. The van der Waals surface area contributed by atoms with Crippen molar-refractivity contribution in [2.45, 2.75) is 19.3 Å². The Morgan fingerprint density at radius 2 is 1.26 bits per heavy atom. The predicted octanol–water partition coefficient (Wildman–Crippen LogP) is 3.98. The third-order valence-corrected chi connectivity index (χ3v) is 4.42. The van der Waals surface area contributed by atoms with Gasteiger partial charge >= 0.3 is 0 Å². The molecule has 3 aromatic carbocycles. The molecule has 0 bridgehead atoms. The lowest BCUT2D eigenvalue weighted by molar-refractivity contribution is -0.122. The fraction of sp³-hybridized carbons (Fsp3) is 0.130. The largest absolute Gasteiger partial charge is 0.273 e. The van der Waals surface area contributed by atoms with Crippen molar-refractivity contribution in [2.24, 2.45) is 0 Å². The van der Waals surface area contributed by atoms with Crippen molar-refractivity contribution in [1.29, 1.82) is 0 Å². The summed E-state index contributed by atoms with van der Waals surface area (Å²) in [5.41, 5.74) is 8.71. The van der Waals surface area contributed by atoms with Crippen LogP contribution < -0.4 is 10.9 Å². The molecule has 0 aliphatic heterocycles. The number of carbonyl (C=O) groups excluding carboxylic acids is 2. The Balaban J connectivity index is 1.66. The maximum absolute atomic E-state index is 12.5. The van der Waals surface area contributed by atoms with E-state index < -0.39 is 0 Å². The summed E-state index contributed by atoms with van der Waals surface area (Å²) in [5, 5.41) is 0. The lowest BCUT2D eigenvalue weighted by Crippen LogP contribution is -2.42. The zero-order valence-electron chi connectivity index (χ0n) is 15.2. The van der Waals surface area contributed by atoms with E-state index in [1.54, 1.807) is 12.1 Å². The molecular formula is C23H22N2O2. The second kappa shape index (κ2) is 8.81. The number of amides is 2. The molecule has 0 aliphatic rings. The predicted molar refractivity (Wildman–Crippen MR) is 106 cm³/mol. The number of hydrogen-bond donors (Lipinski definition) is 2. The van der Waals surface area contributed by atoms with E-state index in [9.17, 15) is 9.59 Å². The highest BCUT2D eigenvalue weighted by Gasteiger charge is 2.18. The van der Waals surface area contributed by atoms with Crippen LogP contribution in [0.2, 0.25) is 0 Å². The molecule has 2 amide bonds. The SMILES string of the molecule is Cc1ccc(C(=O)NNC(=O)CC(c2ccccc2)c2ccccc2)cc1. The minimum Gasteiger partial charge on any atom is -0.273 e. The normalized spacial score (nSPS) is 10.4. The van der Waals surface area contributed by atoms with E-state index in [0.717, 1.165) is 16.7 Å². The average molecular weight is 358 g/mol. The van der Waals surface area contributed by atoms with Crippen LogP contribution in [0.1, 0.15) is 39.4 Å². The summed E-state index contributed by atoms with van der Waals surface area (Å²) in [6, 6.07) is 27.0. The van der Waals surface area contributed by atoms with Crippen LogP contribution in [0.4, 0.5) is 0 Å². The molecule has 3 rings (SSSR count). The molecule has 0 aliphatic carbocycles. The van der Waals surface area contributed by atoms with Crippen LogP contribution >= 0.6 is 0 Å². The van der Waals surface area contributed by atoms with Crippen molar-refractivity contribution < 1.29 is 9.59 Å². The van der Waals surface area contributed by atoms with Crippen LogP contribution in [0.15, 0.2) is 84.9 Å². The van der Waals surface area contributed by atoms with E-state index in [1.165, 1.54) is 0 Å². The molecule has 0 saturated heterocycles. The van der Waals surface area contributed by atoms with Gasteiger partial charge in [-0.05, 0) is 30.2 Å². The Bertz CT molecular complexity index is 851. The Morgan fingerprint density at radius 1 is 0.741 bits per heavy atom. The van der Waals surface area contributed by atoms with Crippen LogP contribution in [-0.2, 0) is 4.79 Å². The van der Waals surface area contributed by atoms with Gasteiger partial charge < -0.3 is 0 Å². The van der Waals surface area contributed by atoms with Crippen molar-refractivity contribution in [3.05, 3.63) is 107 Å². The molecule has 0 aromatic heterocycles. The van der Waals surface area contributed by atoms with E-state index >= 15 is 0 Å². The van der Waals surface area contributed by atoms with Crippen molar-refractivity contribution in [2.75, 3.05) is 0 Å². The molecule has 2 N–H and O–H groups in total. The van der Waals surface area contributed by atoms with Gasteiger partial charge in [0.05, 0.1) is 0 Å². The number of hydrogen-bond acceptors (Lipinski definition) is 2. The summed E-state index contributed by atoms with van der Waals surface area (Å²) in [7, 11) is 0. The third-order valence-electron chi connectivity index (χ3n) is 4.42. The van der Waals surface area contributed by atoms with Gasteiger partial charge in [0.1, 0.15) is 0 Å². The van der Waals surface area contributed by atoms with Crippen molar-refractivity contribution in [3.8, 4) is 0 Å². The summed E-state index contributed by atoms with van der Waals surface area (Å²) < 4.78 is 0. The van der Waals surface area contributed by atoms with Crippen LogP contribution in [0.3, 0.4) is 0 Å². The zero-order chi connectivity index (χ0) is 19.1. The second-order valence-corrected chi connectivity index (χ2v) is 6.45. The topological polar surface area (TPSA) is 58.2 Å². The fourth-order valence-corrected chi connectivity index (χ4v) is 2.94. The highest BCUT2D eigenvalue weighted by molar-refractivity contribution is 5.95. The maximum atomic E-state index is 12.5. The van der Waals surface area contributed by atoms with Gasteiger partial charge in [0.2, 0.25) is 5.91 Å². The van der Waals surface area contributed by atoms with E-state index in [2.05, 4.69) is 10.9 Å². The Hall–Kier alpha value is -3.40. The lowest BCUT2D eigenvalue weighted by Gasteiger charge is -2.18. The van der Waals surface area contributed by atoms with Crippen LogP contribution in [0, 0.1) is 6.92 Å². The molecule has 0 heterocycles. The van der Waals surface area contributed by atoms with E-state index in [4.69, 9.17) is 0 Å². The van der Waals surface area contributed by atoms with Gasteiger partial charge in [-0.25, -0.2) is 0 Å². The van der Waals surface area contributed by atoms with Gasteiger partial charge in [0.15, 0.2) is 0 Å². The minimum atomic E-state index is -0.334. The molecule has 0 fully saturated rings. The molecule has 0 saturated carbocycles. The first kappa shape index (κ1) is 18.4. The second-order valence-electron chi connectivity index (χ2n) is 6.45. The molecule has 0 atom stereocenters. The first-order chi connectivity index (χ1) is 13.1. The Morgan fingerprint density at radius 3 is 1.78 bits per heavy atom. The monoisotopic (exact) mass is 358 g/mol. The fourth-order valence-electron chi connectivity index (χ4n) is 2.94. The molecule has 3 aromatic rings. The minimum absolute atomic E-state index is 0.0799. The van der Waals surface area contributed by atoms with E-state index in [0.29, 0.717) is 5.56 Å². The number of hydrazine groups is 1. The van der Waals surface area contributed by atoms with Crippen LogP contribution in [0.25, 0.3) is 0 Å². The molecular weight excluding hydrogens is 336 g/mol. The molecule has 0 radical (unpaired) electrons. The van der Waals surface area contributed by atoms with Gasteiger partial charge in [-0.15, -0.1) is 0 Å². The zero-order valence-corrected chi connectivity index (χ0v) is 15.2. The van der Waals surface area contributed by atoms with E-state index in [1.807, 2.05) is 79.7 Å². The highest BCUT2D eigenvalue weighted by Crippen LogP contribution is 2.27. The van der Waals surface area contributed by atoms with E-state index in [-0.39, 0.29) is 24.2 Å². The third kappa shape index (κ3) is 5.05. The summed E-state index contributed by atoms with van der Waals surface area (Å²) in [6.45, 7) is 1.96. The summed E-state index contributed by atoms with van der Waals surface area (Å²) in [6.07, 6.45) is 0.238. The lowest BCUT2D eigenvalue weighted by atomic mass is 9.88. The molecule has 27 heavy (non-hydrogen) atoms. The van der Waals surface area contributed by atoms with Gasteiger partial charge in [-0.1, -0.05) is 78.4 Å². The number of nitrogens with one attached hydrogen (secondary N) is 2. The first-order valence-electron chi connectivity index (χ1n) is 8.89. The summed E-state index contributed by atoms with van der Waals surface area (Å²) >= 11 is 0. The van der Waals surface area contributed by atoms with Crippen LogP contribution in [0.5, 0.6) is 0 Å². The summed E-state index contributed by atoms with van der Waals surface area (Å²) in [4.78, 5) is 24.6. The van der Waals surface area contributed by atoms with Crippen molar-refractivity contribution in [3.63, 3.8) is 0 Å². The number of carbonyl (C=O) groups is 2. The summed E-state index contributed by atoms with van der Waals surface area (Å²) in [5.74, 6) is -0.656. The van der Waals surface area contributed by atoms with Gasteiger partial charge in [0, 0.05) is 17.9 Å². The van der Waals surface area contributed by atoms with Gasteiger partial charge in [-0.2, -0.15) is 0 Å². The van der Waals surface area contributed by atoms with Crippen LogP contribution in [-0.4, -0.2) is 11.8 Å². The molecule has 136 valence electrons. The smallest absolute Gasteiger partial charge is 0.269 e. The average Bonchev–Trinajstić information content (AvgIpc) is 2.72. The Labute approximate surface area is 159 Å². The molecule has 4 heteroatoms. The molecule has 4 nitrogen and oxygen atoms in total. The number of aryl methyl sites for hydroxylation is 1. The standard InChI is InChI=1S/C23H22N2O2/c1-17-12-14-20(15-13-17)23(27)25-24-22(26)16-21(18-8-4-2-5-9-18)19-10-6-3-7-11-19/h2-15,21H,16H2,1H3,(H,24,26)(H,25,27). The van der Waals surface area contributed by atoms with Gasteiger partial charge in [0.25, 0.3) is 5.91 Å². The Kier molecular flexibility index (Phi) is 6.00. The highest BCUT2D eigenvalue weighted by atomic mass is 16.2. The molecule has 0 unspecified atom stereocenters. The quantitative estimate of drug-likeness (QED) is 0.678. The first-order valence-corrected chi connectivity index (χ1v) is 8.89. The molecule has 0 spiro atoms.